The Morgan fingerprint density at radius 1 is 1.56 bits per heavy atom. The summed E-state index contributed by atoms with van der Waals surface area (Å²) in [5.74, 6) is 0. The minimum absolute atomic E-state index is 0.0238. The molecule has 1 heterocycles. The van der Waals surface area contributed by atoms with Crippen molar-refractivity contribution in [3.63, 3.8) is 0 Å². The van der Waals surface area contributed by atoms with Gasteiger partial charge in [0.2, 0.25) is 0 Å². The van der Waals surface area contributed by atoms with Crippen molar-refractivity contribution in [2.75, 3.05) is 13.2 Å². The van der Waals surface area contributed by atoms with E-state index in [2.05, 4.69) is 0 Å². The Morgan fingerprint density at radius 2 is 2.28 bits per heavy atom. The maximum absolute atomic E-state index is 12.2. The van der Waals surface area contributed by atoms with E-state index in [9.17, 15) is 13.5 Å². The zero-order valence-electron chi connectivity index (χ0n) is 9.70. The summed E-state index contributed by atoms with van der Waals surface area (Å²) in [7, 11) is -3.83. The number of rotatable bonds is 2. The molecule has 7 heteroatoms. The van der Waals surface area contributed by atoms with Crippen molar-refractivity contribution in [3.05, 3.63) is 29.3 Å². The summed E-state index contributed by atoms with van der Waals surface area (Å²) in [6, 6.07) is 6.31. The highest BCUT2D eigenvalue weighted by Crippen LogP contribution is 2.23. The summed E-state index contributed by atoms with van der Waals surface area (Å²) >= 11 is 0. The predicted octanol–water partition coefficient (Wildman–Crippen LogP) is 0.164. The Bertz CT molecular complexity index is 606. The topological polar surface area (TPSA) is 90.6 Å². The smallest absolute Gasteiger partial charge is 0.265 e. The van der Waals surface area contributed by atoms with Crippen LogP contribution in [0.4, 0.5) is 0 Å². The lowest BCUT2D eigenvalue weighted by Crippen LogP contribution is -2.29. The van der Waals surface area contributed by atoms with Crippen LogP contribution in [0.25, 0.3) is 0 Å². The van der Waals surface area contributed by atoms with Gasteiger partial charge in [0.05, 0.1) is 35.8 Å². The van der Waals surface area contributed by atoms with Crippen LogP contribution in [0.3, 0.4) is 0 Å². The zero-order chi connectivity index (χ0) is 13.3. The van der Waals surface area contributed by atoms with E-state index >= 15 is 0 Å². The number of hydrogen-bond donors (Lipinski definition) is 1. The molecule has 18 heavy (non-hydrogen) atoms. The van der Waals surface area contributed by atoms with E-state index < -0.39 is 16.1 Å². The van der Waals surface area contributed by atoms with E-state index in [0.29, 0.717) is 5.56 Å². The molecule has 2 rings (SSSR count). The molecule has 0 aliphatic carbocycles. The van der Waals surface area contributed by atoms with Crippen molar-refractivity contribution in [2.24, 2.45) is 0 Å². The Labute approximate surface area is 105 Å². The Hall–Kier alpha value is -1.46. The van der Waals surface area contributed by atoms with Crippen LogP contribution in [-0.2, 0) is 14.9 Å². The van der Waals surface area contributed by atoms with Crippen molar-refractivity contribution < 1.29 is 18.4 Å². The summed E-state index contributed by atoms with van der Waals surface area (Å²) < 4.78 is 25.3. The van der Waals surface area contributed by atoms with Crippen LogP contribution in [0, 0.1) is 18.3 Å². The molecule has 0 radical (unpaired) electrons. The van der Waals surface area contributed by atoms with Gasteiger partial charge in [-0.05, 0) is 24.6 Å². The van der Waals surface area contributed by atoms with E-state index in [4.69, 9.17) is 10.1 Å². The number of hydroxylamine groups is 1. The molecule has 96 valence electrons. The Kier molecular flexibility index (Phi) is 3.36. The number of nitrogens with zero attached hydrogens (tertiary/aromatic N) is 2. The summed E-state index contributed by atoms with van der Waals surface area (Å²) in [6.45, 7) is 1.50. The molecule has 1 N–H and O–H groups in total. The fourth-order valence-corrected chi connectivity index (χ4v) is 3.21. The number of nitriles is 1. The third-order valence-corrected chi connectivity index (χ3v) is 4.42. The molecule has 1 aliphatic heterocycles. The second kappa shape index (κ2) is 4.66. The van der Waals surface area contributed by atoms with Crippen molar-refractivity contribution in [1.29, 1.82) is 5.26 Å². The first-order valence-electron chi connectivity index (χ1n) is 5.29. The fourth-order valence-electron chi connectivity index (χ4n) is 1.67. The average molecular weight is 268 g/mol. The van der Waals surface area contributed by atoms with Crippen LogP contribution in [0.5, 0.6) is 0 Å². The molecule has 0 bridgehead atoms. The van der Waals surface area contributed by atoms with Crippen LogP contribution < -0.4 is 0 Å². The number of aliphatic hydroxyl groups excluding tert-OH is 1. The number of β-amino-alcohol motifs (C(OH)–C–C–N with tert-alkyl or cyclic N) is 1. The largest absolute Gasteiger partial charge is 0.389 e. The maximum atomic E-state index is 12.2. The average Bonchev–Trinajstić information content (AvgIpc) is 2.77. The molecule has 0 amide bonds. The van der Waals surface area contributed by atoms with E-state index in [1.165, 1.54) is 6.07 Å². The zero-order valence-corrected chi connectivity index (χ0v) is 10.5. The lowest BCUT2D eigenvalue weighted by atomic mass is 10.2. The predicted molar refractivity (Wildman–Crippen MR) is 61.7 cm³/mol. The molecular formula is C11H12N2O4S. The van der Waals surface area contributed by atoms with Gasteiger partial charge in [-0.2, -0.15) is 5.26 Å². The first-order valence-corrected chi connectivity index (χ1v) is 6.73. The van der Waals surface area contributed by atoms with Crippen molar-refractivity contribution in [1.82, 2.24) is 4.47 Å². The maximum Gasteiger partial charge on any atom is 0.265 e. The summed E-state index contributed by atoms with van der Waals surface area (Å²) in [6.07, 6.45) is -0.820. The van der Waals surface area contributed by atoms with Gasteiger partial charge in [-0.25, -0.2) is 8.42 Å². The normalized spacial score (nSPS) is 20.8. The van der Waals surface area contributed by atoms with Gasteiger partial charge in [0.25, 0.3) is 10.0 Å². The van der Waals surface area contributed by atoms with E-state index in [1.807, 2.05) is 6.07 Å². The van der Waals surface area contributed by atoms with Crippen LogP contribution in [-0.4, -0.2) is 37.2 Å². The summed E-state index contributed by atoms with van der Waals surface area (Å²) in [5.41, 5.74) is 0.790. The molecule has 1 saturated heterocycles. The van der Waals surface area contributed by atoms with Crippen molar-refractivity contribution in [3.8, 4) is 6.07 Å². The van der Waals surface area contributed by atoms with Crippen LogP contribution in [0.1, 0.15) is 11.1 Å². The van der Waals surface area contributed by atoms with Crippen LogP contribution >= 0.6 is 0 Å². The highest BCUT2D eigenvalue weighted by molar-refractivity contribution is 7.89. The van der Waals surface area contributed by atoms with Gasteiger partial charge < -0.3 is 5.11 Å². The van der Waals surface area contributed by atoms with Crippen LogP contribution in [0.2, 0.25) is 0 Å². The summed E-state index contributed by atoms with van der Waals surface area (Å²) in [4.78, 5) is 4.95. The first-order chi connectivity index (χ1) is 8.45. The fraction of sp³-hybridized carbons (Fsp3) is 0.364. The van der Waals surface area contributed by atoms with E-state index in [1.54, 1.807) is 19.1 Å². The monoisotopic (exact) mass is 268 g/mol. The molecule has 0 spiro atoms. The molecule has 6 nitrogen and oxygen atoms in total. The van der Waals surface area contributed by atoms with Gasteiger partial charge in [-0.3, -0.25) is 4.84 Å². The highest BCUT2D eigenvalue weighted by Gasteiger charge is 2.34. The lowest BCUT2D eigenvalue weighted by molar-refractivity contribution is -0.0317. The SMILES string of the molecule is Cc1ccc(C#N)cc1S(=O)(=O)N1CC(O)CO1. The van der Waals surface area contributed by atoms with E-state index in [-0.39, 0.29) is 23.6 Å². The third-order valence-electron chi connectivity index (χ3n) is 2.63. The number of aryl methyl sites for hydroxylation is 1. The molecule has 1 fully saturated rings. The molecule has 0 aromatic heterocycles. The van der Waals surface area contributed by atoms with Crippen molar-refractivity contribution in [2.45, 2.75) is 17.9 Å². The number of sulfonamides is 1. The van der Waals surface area contributed by atoms with Gasteiger partial charge in [0.1, 0.15) is 0 Å². The molecule has 0 saturated carbocycles. The summed E-state index contributed by atoms with van der Waals surface area (Å²) in [5, 5.41) is 18.1. The molecule has 1 atom stereocenters. The minimum atomic E-state index is -3.83. The number of benzene rings is 1. The molecular weight excluding hydrogens is 256 g/mol. The third kappa shape index (κ3) is 2.23. The van der Waals surface area contributed by atoms with E-state index in [0.717, 1.165) is 4.47 Å². The molecule has 1 aromatic carbocycles. The van der Waals surface area contributed by atoms with Gasteiger partial charge in [-0.1, -0.05) is 10.5 Å². The Morgan fingerprint density at radius 3 is 2.83 bits per heavy atom. The number of aliphatic hydroxyl groups is 1. The minimum Gasteiger partial charge on any atom is -0.389 e. The van der Waals surface area contributed by atoms with Gasteiger partial charge in [0.15, 0.2) is 0 Å². The Balaban J connectivity index is 2.45. The second-order valence-electron chi connectivity index (χ2n) is 4.03. The van der Waals surface area contributed by atoms with Crippen LogP contribution in [0.15, 0.2) is 23.1 Å². The molecule has 1 aromatic rings. The second-order valence-corrected chi connectivity index (χ2v) is 5.83. The first kappa shape index (κ1) is 13.0. The van der Waals surface area contributed by atoms with Crippen molar-refractivity contribution >= 4 is 10.0 Å². The molecule has 1 aliphatic rings. The van der Waals surface area contributed by atoms with Gasteiger partial charge in [0, 0.05) is 0 Å². The van der Waals surface area contributed by atoms with Gasteiger partial charge >= 0.3 is 0 Å². The molecule has 1 unspecified atom stereocenters. The quantitative estimate of drug-likeness (QED) is 0.825. The highest BCUT2D eigenvalue weighted by atomic mass is 32.2. The standard InChI is InChI=1S/C11H12N2O4S/c1-8-2-3-9(5-12)4-11(8)18(15,16)13-6-10(14)7-17-13/h2-4,10,14H,6-7H2,1H3. The van der Waals surface area contributed by atoms with Gasteiger partial charge in [-0.15, -0.1) is 0 Å². The lowest BCUT2D eigenvalue weighted by Gasteiger charge is -2.15. The number of hydrogen-bond acceptors (Lipinski definition) is 5.